The zero-order valence-electron chi connectivity index (χ0n) is 9.74. The van der Waals surface area contributed by atoms with Crippen LogP contribution >= 0.6 is 0 Å². The molecule has 2 heterocycles. The van der Waals surface area contributed by atoms with Gasteiger partial charge in [0, 0.05) is 31.2 Å². The average molecular weight is 238 g/mol. The summed E-state index contributed by atoms with van der Waals surface area (Å²) in [4.78, 5) is 20.5. The molecule has 5 nitrogen and oxygen atoms in total. The number of nitrogens with zero attached hydrogens (tertiary/aromatic N) is 4. The summed E-state index contributed by atoms with van der Waals surface area (Å²) in [7, 11) is 1.78. The Morgan fingerprint density at radius 3 is 2.61 bits per heavy atom. The minimum absolute atomic E-state index is 0.108. The normalized spacial score (nSPS) is 10.7. The number of aryl methyl sites for hydroxylation is 1. The molecular weight excluding hydrogens is 228 g/mol. The summed E-state index contributed by atoms with van der Waals surface area (Å²) in [6.07, 6.45) is 4.98. The highest BCUT2D eigenvalue weighted by Gasteiger charge is 2.12. The van der Waals surface area contributed by atoms with E-state index >= 15 is 0 Å². The van der Waals surface area contributed by atoms with Crippen LogP contribution in [0.15, 0.2) is 42.9 Å². The molecule has 0 aliphatic carbocycles. The first-order valence-electron chi connectivity index (χ1n) is 5.49. The maximum atomic E-state index is 12.2. The van der Waals surface area contributed by atoms with Gasteiger partial charge in [0.2, 0.25) is 5.78 Å². The molecule has 0 saturated heterocycles. The Labute approximate surface area is 103 Å². The lowest BCUT2D eigenvalue weighted by Crippen LogP contribution is -2.03. The number of benzene rings is 1. The van der Waals surface area contributed by atoms with Crippen LogP contribution in [0.5, 0.6) is 0 Å². The van der Waals surface area contributed by atoms with E-state index in [9.17, 15) is 4.79 Å². The fourth-order valence-electron chi connectivity index (χ4n) is 1.79. The molecule has 0 aliphatic heterocycles. The summed E-state index contributed by atoms with van der Waals surface area (Å²) in [6.45, 7) is 0. The fourth-order valence-corrected chi connectivity index (χ4v) is 1.79. The molecule has 0 spiro atoms. The van der Waals surface area contributed by atoms with Gasteiger partial charge in [-0.15, -0.1) is 0 Å². The second-order valence-corrected chi connectivity index (χ2v) is 3.96. The molecule has 88 valence electrons. The molecule has 18 heavy (non-hydrogen) atoms. The molecule has 0 aliphatic rings. The van der Waals surface area contributed by atoms with Crippen LogP contribution in [-0.2, 0) is 7.05 Å². The molecule has 5 heteroatoms. The largest absolute Gasteiger partial charge is 0.287 e. The molecule has 0 bridgehead atoms. The van der Waals surface area contributed by atoms with Gasteiger partial charge >= 0.3 is 0 Å². The molecule has 0 saturated carbocycles. The molecule has 3 aromatic rings. The quantitative estimate of drug-likeness (QED) is 0.636. The number of carbonyl (C=O) groups is 1. The van der Waals surface area contributed by atoms with Gasteiger partial charge in [-0.2, -0.15) is 5.10 Å². The molecule has 0 atom stereocenters. The zero-order chi connectivity index (χ0) is 12.5. The zero-order valence-corrected chi connectivity index (χ0v) is 9.74. The lowest BCUT2D eigenvalue weighted by molar-refractivity contribution is 0.103. The third kappa shape index (κ3) is 1.75. The summed E-state index contributed by atoms with van der Waals surface area (Å²) in [5.74, 6) is -0.108. The van der Waals surface area contributed by atoms with Crippen LogP contribution in [0.4, 0.5) is 0 Å². The maximum absolute atomic E-state index is 12.2. The molecule has 0 unspecified atom stereocenters. The van der Waals surface area contributed by atoms with Gasteiger partial charge in [-0.05, 0) is 24.3 Å². The number of rotatable bonds is 2. The van der Waals surface area contributed by atoms with Crippen molar-refractivity contribution in [2.45, 2.75) is 0 Å². The van der Waals surface area contributed by atoms with E-state index in [1.807, 2.05) is 0 Å². The Morgan fingerprint density at radius 2 is 1.89 bits per heavy atom. The molecule has 0 amide bonds. The van der Waals surface area contributed by atoms with Crippen molar-refractivity contribution in [3.05, 3.63) is 54.1 Å². The van der Waals surface area contributed by atoms with Crippen LogP contribution < -0.4 is 0 Å². The van der Waals surface area contributed by atoms with Crippen molar-refractivity contribution in [3.8, 4) is 0 Å². The van der Waals surface area contributed by atoms with Crippen molar-refractivity contribution < 1.29 is 4.79 Å². The minimum Gasteiger partial charge on any atom is -0.287 e. The second-order valence-electron chi connectivity index (χ2n) is 3.96. The Balaban J connectivity index is 2.06. The number of ketones is 1. The van der Waals surface area contributed by atoms with Crippen LogP contribution in [-0.4, -0.2) is 25.5 Å². The summed E-state index contributed by atoms with van der Waals surface area (Å²) < 4.78 is 1.61. The lowest BCUT2D eigenvalue weighted by atomic mass is 10.1. The van der Waals surface area contributed by atoms with E-state index in [2.05, 4.69) is 15.1 Å². The van der Waals surface area contributed by atoms with Crippen molar-refractivity contribution in [1.82, 2.24) is 19.7 Å². The van der Waals surface area contributed by atoms with Gasteiger partial charge in [0.25, 0.3) is 0 Å². The topological polar surface area (TPSA) is 60.7 Å². The Morgan fingerprint density at radius 1 is 1.11 bits per heavy atom. The van der Waals surface area contributed by atoms with Gasteiger partial charge in [0.15, 0.2) is 0 Å². The van der Waals surface area contributed by atoms with E-state index in [4.69, 9.17) is 0 Å². The predicted molar refractivity (Wildman–Crippen MR) is 66.2 cm³/mol. The monoisotopic (exact) mass is 238 g/mol. The van der Waals surface area contributed by atoms with Gasteiger partial charge < -0.3 is 0 Å². The van der Waals surface area contributed by atoms with E-state index < -0.39 is 0 Å². The maximum Gasteiger partial charge on any atom is 0.213 e. The average Bonchev–Trinajstić information content (AvgIpc) is 2.84. The first-order valence-corrected chi connectivity index (χ1v) is 5.49. The van der Waals surface area contributed by atoms with Crippen LogP contribution in [0.2, 0.25) is 0 Å². The van der Waals surface area contributed by atoms with Crippen LogP contribution in [0.25, 0.3) is 11.0 Å². The van der Waals surface area contributed by atoms with Crippen molar-refractivity contribution in [2.75, 3.05) is 0 Å². The van der Waals surface area contributed by atoms with E-state index in [0.29, 0.717) is 16.8 Å². The van der Waals surface area contributed by atoms with E-state index in [1.165, 1.54) is 0 Å². The SMILES string of the molecule is Cn1ccc(C(=O)c2ccc3nccnc3c2)n1. The van der Waals surface area contributed by atoms with Crippen LogP contribution in [0, 0.1) is 0 Å². The molecule has 0 radical (unpaired) electrons. The molecule has 0 N–H and O–H groups in total. The number of carbonyl (C=O) groups excluding carboxylic acids is 1. The number of hydrogen-bond donors (Lipinski definition) is 0. The van der Waals surface area contributed by atoms with Crippen molar-refractivity contribution in [1.29, 1.82) is 0 Å². The molecule has 0 fully saturated rings. The summed E-state index contributed by atoms with van der Waals surface area (Å²) >= 11 is 0. The number of hydrogen-bond acceptors (Lipinski definition) is 4. The first kappa shape index (κ1) is 10.6. The molecule has 3 rings (SSSR count). The van der Waals surface area contributed by atoms with Crippen LogP contribution in [0.3, 0.4) is 0 Å². The summed E-state index contributed by atoms with van der Waals surface area (Å²) in [5, 5.41) is 4.10. The number of fused-ring (bicyclic) bond motifs is 1. The highest BCUT2D eigenvalue weighted by Crippen LogP contribution is 2.13. The first-order chi connectivity index (χ1) is 8.74. The summed E-state index contributed by atoms with van der Waals surface area (Å²) in [5.41, 5.74) is 2.48. The fraction of sp³-hybridized carbons (Fsp3) is 0.0769. The van der Waals surface area contributed by atoms with Gasteiger partial charge in [0.1, 0.15) is 5.69 Å². The molecular formula is C13H10N4O. The Hall–Kier alpha value is -2.56. The summed E-state index contributed by atoms with van der Waals surface area (Å²) in [6, 6.07) is 6.97. The Bertz CT molecular complexity index is 732. The van der Waals surface area contributed by atoms with E-state index in [0.717, 1.165) is 5.52 Å². The van der Waals surface area contributed by atoms with Crippen LogP contribution in [0.1, 0.15) is 16.1 Å². The Kier molecular flexibility index (Phi) is 2.37. The highest BCUT2D eigenvalue weighted by atomic mass is 16.1. The predicted octanol–water partition coefficient (Wildman–Crippen LogP) is 1.59. The van der Waals surface area contributed by atoms with Gasteiger partial charge in [-0.3, -0.25) is 19.4 Å². The standard InChI is InChI=1S/C13H10N4O/c1-17-7-4-11(16-17)13(18)9-2-3-10-12(8-9)15-6-5-14-10/h2-8H,1H3. The molecule has 1 aromatic carbocycles. The van der Waals surface area contributed by atoms with Crippen molar-refractivity contribution >= 4 is 16.8 Å². The van der Waals surface area contributed by atoms with Crippen molar-refractivity contribution in [2.24, 2.45) is 7.05 Å². The third-order valence-electron chi connectivity index (χ3n) is 2.68. The number of aromatic nitrogens is 4. The van der Waals surface area contributed by atoms with Crippen molar-refractivity contribution in [3.63, 3.8) is 0 Å². The van der Waals surface area contributed by atoms with E-state index in [1.54, 1.807) is 54.6 Å². The van der Waals surface area contributed by atoms with Gasteiger partial charge in [-0.25, -0.2) is 0 Å². The minimum atomic E-state index is -0.108. The van der Waals surface area contributed by atoms with E-state index in [-0.39, 0.29) is 5.78 Å². The highest BCUT2D eigenvalue weighted by molar-refractivity contribution is 6.08. The third-order valence-corrected chi connectivity index (χ3v) is 2.68. The second kappa shape index (κ2) is 4.03. The lowest BCUT2D eigenvalue weighted by Gasteiger charge is -2.00. The van der Waals surface area contributed by atoms with Gasteiger partial charge in [-0.1, -0.05) is 0 Å². The van der Waals surface area contributed by atoms with Gasteiger partial charge in [0.05, 0.1) is 11.0 Å². The smallest absolute Gasteiger partial charge is 0.213 e. The molecule has 2 aromatic heterocycles.